The zero-order valence-electron chi connectivity index (χ0n) is 19.6. The number of aliphatic imine (C=N–C) groups is 1. The number of methoxy groups -OCH3 is 1. The number of ether oxygens (including phenoxy) is 2. The topological polar surface area (TPSA) is 43.7 Å². The Labute approximate surface area is 208 Å². The molecule has 0 bridgehead atoms. The highest BCUT2D eigenvalue weighted by atomic mass is 35.5. The fourth-order valence-electron chi connectivity index (χ4n) is 4.78. The Balaban J connectivity index is 0.00000153. The van der Waals surface area contributed by atoms with Crippen molar-refractivity contribution in [3.63, 3.8) is 0 Å². The Kier molecular flexibility index (Phi) is 6.84. The molecule has 0 amide bonds. The third kappa shape index (κ3) is 4.60. The van der Waals surface area contributed by atoms with E-state index in [4.69, 9.17) is 14.5 Å². The summed E-state index contributed by atoms with van der Waals surface area (Å²) in [6.45, 7) is 8.65. The maximum atomic E-state index is 6.31. The molecule has 4 nitrogen and oxygen atoms in total. The summed E-state index contributed by atoms with van der Waals surface area (Å²) in [4.78, 5) is 9.46. The van der Waals surface area contributed by atoms with E-state index in [0.29, 0.717) is 0 Å². The summed E-state index contributed by atoms with van der Waals surface area (Å²) in [5.74, 6) is 1.69. The Morgan fingerprint density at radius 1 is 0.909 bits per heavy atom. The van der Waals surface area contributed by atoms with Crippen molar-refractivity contribution < 1.29 is 9.47 Å². The van der Waals surface area contributed by atoms with Gasteiger partial charge in [-0.2, -0.15) is 0 Å². The van der Waals surface area contributed by atoms with E-state index in [9.17, 15) is 0 Å². The lowest BCUT2D eigenvalue weighted by atomic mass is 9.81. The van der Waals surface area contributed by atoms with E-state index < -0.39 is 0 Å². The molecule has 0 saturated carbocycles. The van der Waals surface area contributed by atoms with Gasteiger partial charge >= 0.3 is 0 Å². The smallest absolute Gasteiger partial charge is 0.166 e. The summed E-state index contributed by atoms with van der Waals surface area (Å²) in [6.07, 6.45) is 5.41. The van der Waals surface area contributed by atoms with E-state index >= 15 is 0 Å². The average molecular weight is 485 g/mol. The van der Waals surface area contributed by atoms with Gasteiger partial charge in [-0.15, -0.1) is 24.8 Å². The molecule has 6 heteroatoms. The van der Waals surface area contributed by atoms with Crippen molar-refractivity contribution in [2.75, 3.05) is 7.11 Å². The van der Waals surface area contributed by atoms with Gasteiger partial charge in [0.15, 0.2) is 11.5 Å². The van der Waals surface area contributed by atoms with Crippen molar-refractivity contribution in [3.05, 3.63) is 77.1 Å². The minimum absolute atomic E-state index is 0. The van der Waals surface area contributed by atoms with Gasteiger partial charge in [0.2, 0.25) is 0 Å². The fraction of sp³-hybridized carbons (Fsp3) is 0.333. The molecule has 3 aromatic rings. The van der Waals surface area contributed by atoms with Gasteiger partial charge in [0.05, 0.1) is 18.4 Å². The van der Waals surface area contributed by atoms with Crippen molar-refractivity contribution in [2.45, 2.75) is 51.7 Å². The maximum Gasteiger partial charge on any atom is 0.166 e. The molecule has 5 rings (SSSR count). The molecule has 2 aliphatic rings. The monoisotopic (exact) mass is 484 g/mol. The maximum absolute atomic E-state index is 6.31. The van der Waals surface area contributed by atoms with Crippen LogP contribution in [0.1, 0.15) is 49.9 Å². The molecule has 2 aromatic carbocycles. The van der Waals surface area contributed by atoms with Gasteiger partial charge in [0, 0.05) is 35.5 Å². The van der Waals surface area contributed by atoms with E-state index in [0.717, 1.165) is 46.7 Å². The first kappa shape index (κ1) is 25.1. The summed E-state index contributed by atoms with van der Waals surface area (Å²) in [7, 11) is 1.72. The van der Waals surface area contributed by atoms with Gasteiger partial charge in [0.25, 0.3) is 0 Å². The molecule has 0 saturated heterocycles. The number of rotatable bonds is 3. The Morgan fingerprint density at radius 2 is 1.61 bits per heavy atom. The highest BCUT2D eigenvalue weighted by molar-refractivity contribution is 6.16. The van der Waals surface area contributed by atoms with Gasteiger partial charge in [-0.1, -0.05) is 30.3 Å². The molecule has 0 radical (unpaired) electrons. The van der Waals surface area contributed by atoms with Crippen molar-refractivity contribution in [1.82, 2.24) is 4.98 Å². The summed E-state index contributed by atoms with van der Waals surface area (Å²) < 4.78 is 12.0. The number of aromatic nitrogens is 1. The van der Waals surface area contributed by atoms with Crippen LogP contribution in [0.2, 0.25) is 0 Å². The van der Waals surface area contributed by atoms with E-state index in [1.165, 1.54) is 16.7 Å². The van der Waals surface area contributed by atoms with Crippen molar-refractivity contribution in [2.24, 2.45) is 4.99 Å². The highest BCUT2D eigenvalue weighted by Crippen LogP contribution is 2.47. The van der Waals surface area contributed by atoms with Crippen LogP contribution in [0.25, 0.3) is 11.1 Å². The van der Waals surface area contributed by atoms with Gasteiger partial charge in [-0.3, -0.25) is 9.98 Å². The molecule has 2 aliphatic heterocycles. The SMILES string of the molecule is COc1cc2c(c3c1OC(C)(C)C3)C(c1ccc(-c3cccnc3)cc1)=NC(C)(C)C2.Cl.Cl. The van der Waals surface area contributed by atoms with Crippen LogP contribution in [0, 0.1) is 0 Å². The Hall–Kier alpha value is -2.56. The molecule has 0 fully saturated rings. The van der Waals surface area contributed by atoms with Crippen LogP contribution in [0.3, 0.4) is 0 Å². The lowest BCUT2D eigenvalue weighted by Gasteiger charge is -2.31. The predicted octanol–water partition coefficient (Wildman–Crippen LogP) is 6.49. The lowest BCUT2D eigenvalue weighted by Crippen LogP contribution is -2.30. The van der Waals surface area contributed by atoms with Crippen LogP contribution in [0.4, 0.5) is 0 Å². The molecular weight excluding hydrogens is 455 g/mol. The average Bonchev–Trinajstić information content (AvgIpc) is 3.07. The number of hydrogen-bond acceptors (Lipinski definition) is 4. The molecule has 33 heavy (non-hydrogen) atoms. The molecule has 0 N–H and O–H groups in total. The molecule has 1 aromatic heterocycles. The van der Waals surface area contributed by atoms with Gasteiger partial charge in [0.1, 0.15) is 5.60 Å². The predicted molar refractivity (Wildman–Crippen MR) is 139 cm³/mol. The zero-order valence-corrected chi connectivity index (χ0v) is 21.3. The third-order valence-electron chi connectivity index (χ3n) is 6.05. The minimum atomic E-state index is -0.257. The number of fused-ring (bicyclic) bond motifs is 3. The van der Waals surface area contributed by atoms with Crippen LogP contribution in [-0.4, -0.2) is 28.9 Å². The molecular formula is C27H30Cl2N2O2. The van der Waals surface area contributed by atoms with Crippen LogP contribution in [0.5, 0.6) is 11.5 Å². The van der Waals surface area contributed by atoms with Gasteiger partial charge in [-0.25, -0.2) is 0 Å². The van der Waals surface area contributed by atoms with Crippen LogP contribution >= 0.6 is 24.8 Å². The number of benzene rings is 2. The molecule has 0 unspecified atom stereocenters. The van der Waals surface area contributed by atoms with Gasteiger partial charge < -0.3 is 9.47 Å². The summed E-state index contributed by atoms with van der Waals surface area (Å²) in [5, 5.41) is 0. The first-order valence-corrected chi connectivity index (χ1v) is 10.8. The first-order chi connectivity index (χ1) is 14.8. The van der Waals surface area contributed by atoms with Crippen molar-refractivity contribution >= 4 is 30.5 Å². The first-order valence-electron chi connectivity index (χ1n) is 10.8. The van der Waals surface area contributed by atoms with E-state index in [1.54, 1.807) is 13.3 Å². The molecule has 0 spiro atoms. The Morgan fingerprint density at radius 3 is 2.24 bits per heavy atom. The van der Waals surface area contributed by atoms with Crippen molar-refractivity contribution in [1.29, 1.82) is 0 Å². The highest BCUT2D eigenvalue weighted by Gasteiger charge is 2.39. The van der Waals surface area contributed by atoms with Crippen molar-refractivity contribution in [3.8, 4) is 22.6 Å². The minimum Gasteiger partial charge on any atom is -0.493 e. The number of pyridine rings is 1. The second-order valence-electron chi connectivity index (χ2n) is 9.73. The van der Waals surface area contributed by atoms with Crippen LogP contribution in [-0.2, 0) is 12.8 Å². The Bertz CT molecular complexity index is 1190. The molecule has 3 heterocycles. The fourth-order valence-corrected chi connectivity index (χ4v) is 4.78. The second kappa shape index (κ2) is 9.00. The second-order valence-corrected chi connectivity index (χ2v) is 9.73. The van der Waals surface area contributed by atoms with Gasteiger partial charge in [-0.05, 0) is 62.9 Å². The summed E-state index contributed by atoms with van der Waals surface area (Å²) in [6, 6.07) is 14.8. The molecule has 0 aliphatic carbocycles. The quantitative estimate of drug-likeness (QED) is 0.426. The lowest BCUT2D eigenvalue weighted by molar-refractivity contribution is 0.134. The van der Waals surface area contributed by atoms with Crippen LogP contribution < -0.4 is 9.47 Å². The standard InChI is InChI=1S/C27H28N2O2.2ClH/c1-26(2)14-20-13-22(30-5)25-21(15-27(3,4)31-25)23(20)24(29-26)18-10-8-17(9-11-18)19-7-6-12-28-16-19;;/h6-13,16H,14-15H2,1-5H3;2*1H. The largest absolute Gasteiger partial charge is 0.493 e. The molecule has 174 valence electrons. The normalized spacial score (nSPS) is 16.8. The van der Waals surface area contributed by atoms with E-state index in [2.05, 4.69) is 69.1 Å². The molecule has 0 atom stereocenters. The number of halogens is 2. The van der Waals surface area contributed by atoms with E-state index in [1.807, 2.05) is 12.3 Å². The summed E-state index contributed by atoms with van der Waals surface area (Å²) >= 11 is 0. The van der Waals surface area contributed by atoms with Crippen LogP contribution in [0.15, 0.2) is 59.9 Å². The number of nitrogens with zero attached hydrogens (tertiary/aromatic N) is 2. The number of hydrogen-bond donors (Lipinski definition) is 0. The van der Waals surface area contributed by atoms with E-state index in [-0.39, 0.29) is 36.0 Å². The third-order valence-corrected chi connectivity index (χ3v) is 6.05. The zero-order chi connectivity index (χ0) is 21.8. The summed E-state index contributed by atoms with van der Waals surface area (Å²) in [5.41, 5.74) is 7.70.